The fourth-order valence-electron chi connectivity index (χ4n) is 2.36. The number of thiazole rings is 1. The smallest absolute Gasteiger partial charge is 0.408 e. The van der Waals surface area contributed by atoms with Crippen LogP contribution in [0, 0.1) is 0 Å². The summed E-state index contributed by atoms with van der Waals surface area (Å²) in [5.74, 6) is 1.36. The zero-order valence-corrected chi connectivity index (χ0v) is 17.7. The normalized spacial score (nSPS) is 11.7. The van der Waals surface area contributed by atoms with E-state index in [9.17, 15) is 4.79 Å². The average molecular weight is 396 g/mol. The van der Waals surface area contributed by atoms with Crippen molar-refractivity contribution in [2.75, 3.05) is 34.4 Å². The molecule has 0 spiro atoms. The van der Waals surface area contributed by atoms with E-state index in [0.717, 1.165) is 28.2 Å². The van der Waals surface area contributed by atoms with Crippen LogP contribution in [0.3, 0.4) is 0 Å². The summed E-state index contributed by atoms with van der Waals surface area (Å²) < 4.78 is 17.5. The van der Waals surface area contributed by atoms with Gasteiger partial charge in [0.2, 0.25) is 0 Å². The average Bonchev–Trinajstić information content (AvgIpc) is 2.96. The topological polar surface area (TPSA) is 72.9 Å². The van der Waals surface area contributed by atoms with Gasteiger partial charge < -0.3 is 24.4 Å². The molecule has 0 bridgehead atoms. The van der Waals surface area contributed by atoms with Gasteiger partial charge in [-0.15, -0.1) is 11.3 Å². The lowest BCUT2D eigenvalue weighted by molar-refractivity contribution is 0.0523. The lowest BCUT2D eigenvalue weighted by Crippen LogP contribution is -2.32. The summed E-state index contributed by atoms with van der Waals surface area (Å²) in [7, 11) is 5.70. The first kappa shape index (κ1) is 21.2. The van der Waals surface area contributed by atoms with Gasteiger partial charge in [0.1, 0.15) is 10.6 Å². The molecule has 2 aromatic rings. The van der Waals surface area contributed by atoms with E-state index in [2.05, 4.69) is 15.2 Å². The number of carbonyl (C=O) groups excluding carboxylic acids is 1. The van der Waals surface area contributed by atoms with E-state index in [1.165, 1.54) is 11.3 Å². The van der Waals surface area contributed by atoms with Crippen LogP contribution in [0.1, 0.15) is 32.2 Å². The highest BCUT2D eigenvalue weighted by Gasteiger charge is 2.17. The van der Waals surface area contributed by atoms with Crippen molar-refractivity contribution in [2.24, 2.45) is 0 Å². The third-order valence-corrected chi connectivity index (χ3v) is 4.53. The van der Waals surface area contributed by atoms with Gasteiger partial charge in [-0.3, -0.25) is 0 Å². The summed E-state index contributed by atoms with van der Waals surface area (Å²) in [6.45, 7) is 7.37. The Morgan fingerprint density at radius 2 is 2.00 bits per heavy atom. The van der Waals surface area contributed by atoms with Gasteiger partial charge in [0.15, 0.2) is 11.5 Å². The Morgan fingerprint density at radius 1 is 1.26 bits per heavy atom. The van der Waals surface area contributed by atoms with Crippen LogP contribution in [0.15, 0.2) is 12.1 Å². The van der Waals surface area contributed by atoms with Gasteiger partial charge in [0.05, 0.1) is 30.5 Å². The number of fused-ring (bicyclic) bond motifs is 1. The van der Waals surface area contributed by atoms with Crippen LogP contribution in [-0.4, -0.2) is 55.9 Å². The van der Waals surface area contributed by atoms with Gasteiger partial charge in [0, 0.05) is 18.7 Å². The number of alkyl carbamates (subject to hydrolysis) is 1. The van der Waals surface area contributed by atoms with Crippen molar-refractivity contribution in [1.82, 2.24) is 15.2 Å². The molecule has 1 amide bonds. The van der Waals surface area contributed by atoms with Crippen LogP contribution >= 0.6 is 11.3 Å². The maximum absolute atomic E-state index is 11.8. The number of aromatic nitrogens is 1. The first-order chi connectivity index (χ1) is 12.7. The largest absolute Gasteiger partial charge is 0.493 e. The number of amides is 1. The monoisotopic (exact) mass is 395 g/mol. The van der Waals surface area contributed by atoms with Gasteiger partial charge in [-0.05, 0) is 41.3 Å². The molecule has 0 unspecified atom stereocenters. The lowest BCUT2D eigenvalue weighted by Gasteiger charge is -2.19. The van der Waals surface area contributed by atoms with Crippen molar-refractivity contribution < 1.29 is 19.0 Å². The molecule has 1 heterocycles. The van der Waals surface area contributed by atoms with Crippen molar-refractivity contribution in [3.63, 3.8) is 0 Å². The quantitative estimate of drug-likeness (QED) is 0.688. The van der Waals surface area contributed by atoms with Crippen molar-refractivity contribution in [1.29, 1.82) is 0 Å². The number of methoxy groups -OCH3 is 1. The maximum Gasteiger partial charge on any atom is 0.408 e. The van der Waals surface area contributed by atoms with E-state index in [1.807, 2.05) is 47.0 Å². The van der Waals surface area contributed by atoms with Gasteiger partial charge in [0.25, 0.3) is 0 Å². The van der Waals surface area contributed by atoms with Crippen molar-refractivity contribution >= 4 is 27.6 Å². The van der Waals surface area contributed by atoms with Gasteiger partial charge in [-0.1, -0.05) is 0 Å². The highest BCUT2D eigenvalue weighted by Crippen LogP contribution is 2.35. The van der Waals surface area contributed by atoms with Crippen molar-refractivity contribution in [3.05, 3.63) is 17.1 Å². The van der Waals surface area contributed by atoms with Crippen LogP contribution in [0.4, 0.5) is 4.79 Å². The summed E-state index contributed by atoms with van der Waals surface area (Å²) in [4.78, 5) is 18.5. The Balaban J connectivity index is 2.04. The Bertz CT molecular complexity index is 768. The Morgan fingerprint density at radius 3 is 2.63 bits per heavy atom. The molecular weight excluding hydrogens is 366 g/mol. The molecular formula is C19H29N3O4S. The van der Waals surface area contributed by atoms with Crippen LogP contribution in [-0.2, 0) is 11.3 Å². The molecule has 0 aliphatic carbocycles. The van der Waals surface area contributed by atoms with Crippen LogP contribution in [0.5, 0.6) is 11.5 Å². The number of rotatable bonds is 8. The van der Waals surface area contributed by atoms with E-state index >= 15 is 0 Å². The Hall–Kier alpha value is -2.06. The number of benzene rings is 1. The second kappa shape index (κ2) is 9.23. The summed E-state index contributed by atoms with van der Waals surface area (Å²) >= 11 is 1.50. The molecule has 0 fully saturated rings. The van der Waals surface area contributed by atoms with E-state index in [-0.39, 0.29) is 0 Å². The van der Waals surface area contributed by atoms with E-state index in [0.29, 0.717) is 24.7 Å². The maximum atomic E-state index is 11.8. The van der Waals surface area contributed by atoms with Crippen molar-refractivity contribution in [3.8, 4) is 11.5 Å². The SMILES string of the molecule is COc1cc2sc(CNC(=O)OC(C)(C)C)nc2cc1OCCCN(C)C. The third-order valence-electron chi connectivity index (χ3n) is 3.51. The molecule has 27 heavy (non-hydrogen) atoms. The fourth-order valence-corrected chi connectivity index (χ4v) is 3.27. The molecule has 0 saturated carbocycles. The first-order valence-corrected chi connectivity index (χ1v) is 9.71. The second-order valence-corrected chi connectivity index (χ2v) is 8.55. The molecule has 0 atom stereocenters. The van der Waals surface area contributed by atoms with Crippen LogP contribution in [0.2, 0.25) is 0 Å². The molecule has 1 aromatic carbocycles. The Labute approximate surface area is 164 Å². The van der Waals surface area contributed by atoms with E-state index in [4.69, 9.17) is 14.2 Å². The molecule has 150 valence electrons. The Kier molecular flexibility index (Phi) is 7.26. The second-order valence-electron chi connectivity index (χ2n) is 7.44. The zero-order chi connectivity index (χ0) is 20.0. The molecule has 7 nitrogen and oxygen atoms in total. The predicted octanol–water partition coefficient (Wildman–Crippen LogP) is 3.66. The highest BCUT2D eigenvalue weighted by molar-refractivity contribution is 7.18. The van der Waals surface area contributed by atoms with Gasteiger partial charge in [-0.25, -0.2) is 9.78 Å². The highest BCUT2D eigenvalue weighted by atomic mass is 32.1. The summed E-state index contributed by atoms with van der Waals surface area (Å²) in [5.41, 5.74) is 0.300. The number of hydrogen-bond donors (Lipinski definition) is 1. The van der Waals surface area contributed by atoms with Crippen LogP contribution < -0.4 is 14.8 Å². The van der Waals surface area contributed by atoms with E-state index < -0.39 is 11.7 Å². The predicted molar refractivity (Wildman–Crippen MR) is 108 cm³/mol. The molecule has 1 N–H and O–H groups in total. The minimum atomic E-state index is -0.524. The summed E-state index contributed by atoms with van der Waals surface area (Å²) in [5, 5.41) is 3.53. The third kappa shape index (κ3) is 6.88. The minimum Gasteiger partial charge on any atom is -0.493 e. The molecule has 1 aromatic heterocycles. The standard InChI is InChI=1S/C19H29N3O4S/c1-19(2,3)26-18(23)20-12-17-21-13-10-15(25-9-7-8-22(4)5)14(24-6)11-16(13)27-17/h10-11H,7-9,12H2,1-6H3,(H,20,23). The first-order valence-electron chi connectivity index (χ1n) is 8.90. The molecule has 0 saturated heterocycles. The molecule has 8 heteroatoms. The molecule has 0 aliphatic heterocycles. The molecule has 0 radical (unpaired) electrons. The molecule has 0 aliphatic rings. The number of hydrogen-bond acceptors (Lipinski definition) is 7. The van der Waals surface area contributed by atoms with Gasteiger partial charge >= 0.3 is 6.09 Å². The number of nitrogens with one attached hydrogen (secondary N) is 1. The fraction of sp³-hybridized carbons (Fsp3) is 0.579. The van der Waals surface area contributed by atoms with Gasteiger partial charge in [-0.2, -0.15) is 0 Å². The number of ether oxygens (including phenoxy) is 3. The summed E-state index contributed by atoms with van der Waals surface area (Å²) in [6, 6.07) is 3.81. The number of nitrogens with zero attached hydrogens (tertiary/aromatic N) is 2. The lowest BCUT2D eigenvalue weighted by atomic mass is 10.2. The molecule has 2 rings (SSSR count). The minimum absolute atomic E-state index is 0.315. The van der Waals surface area contributed by atoms with E-state index in [1.54, 1.807) is 7.11 Å². The van der Waals surface area contributed by atoms with Crippen LogP contribution in [0.25, 0.3) is 10.2 Å². The zero-order valence-electron chi connectivity index (χ0n) is 16.9. The number of carbonyl (C=O) groups is 1. The van der Waals surface area contributed by atoms with Crippen molar-refractivity contribution in [2.45, 2.75) is 39.3 Å². The summed E-state index contributed by atoms with van der Waals surface area (Å²) in [6.07, 6.45) is 0.473.